The lowest BCUT2D eigenvalue weighted by Crippen LogP contribution is -2.30. The maximum absolute atomic E-state index is 12.3. The van der Waals surface area contributed by atoms with Crippen LogP contribution in [0.3, 0.4) is 0 Å². The first-order valence-corrected chi connectivity index (χ1v) is 8.92. The fraction of sp³-hybridized carbons (Fsp3) is 0.143. The zero-order valence-electron chi connectivity index (χ0n) is 15.9. The summed E-state index contributed by atoms with van der Waals surface area (Å²) in [5.41, 5.74) is 2.75. The molecular weight excluding hydrogens is 372 g/mol. The highest BCUT2D eigenvalue weighted by molar-refractivity contribution is 5.97. The average Bonchev–Trinajstić information content (AvgIpc) is 3.20. The molecule has 1 aromatic heterocycles. The number of benzene rings is 2. The Hall–Kier alpha value is -3.94. The van der Waals surface area contributed by atoms with Crippen molar-refractivity contribution in [3.05, 3.63) is 66.4 Å². The molecule has 1 heterocycles. The summed E-state index contributed by atoms with van der Waals surface area (Å²) in [5.74, 6) is -1.34. The minimum Gasteiger partial charge on any atom is -0.448 e. The summed E-state index contributed by atoms with van der Waals surface area (Å²) >= 11 is 0. The van der Waals surface area contributed by atoms with E-state index in [9.17, 15) is 14.4 Å². The van der Waals surface area contributed by atoms with Gasteiger partial charge in [0.25, 0.3) is 5.91 Å². The van der Waals surface area contributed by atoms with Crippen LogP contribution in [0.4, 0.5) is 11.4 Å². The fourth-order valence-corrected chi connectivity index (χ4v) is 2.54. The van der Waals surface area contributed by atoms with E-state index in [4.69, 9.17) is 4.74 Å². The highest BCUT2D eigenvalue weighted by atomic mass is 16.5. The van der Waals surface area contributed by atoms with E-state index < -0.39 is 18.0 Å². The minimum atomic E-state index is -1.01. The molecule has 0 unspecified atom stereocenters. The number of hydrogen-bond acceptors (Lipinski definition) is 5. The van der Waals surface area contributed by atoms with Gasteiger partial charge in [-0.2, -0.15) is 5.10 Å². The summed E-state index contributed by atoms with van der Waals surface area (Å²) in [4.78, 5) is 35.6. The summed E-state index contributed by atoms with van der Waals surface area (Å²) in [6.07, 6.45) is -1.01. The van der Waals surface area contributed by atoms with Gasteiger partial charge in [-0.05, 0) is 37.3 Å². The molecule has 0 radical (unpaired) electrons. The maximum Gasteiger partial charge on any atom is 0.357 e. The van der Waals surface area contributed by atoms with E-state index in [0.717, 1.165) is 5.56 Å². The van der Waals surface area contributed by atoms with E-state index >= 15 is 0 Å². The van der Waals surface area contributed by atoms with Crippen molar-refractivity contribution >= 4 is 29.2 Å². The van der Waals surface area contributed by atoms with Gasteiger partial charge >= 0.3 is 5.97 Å². The molecule has 2 amide bonds. The van der Waals surface area contributed by atoms with E-state index in [1.807, 2.05) is 30.3 Å². The Labute approximate surface area is 167 Å². The van der Waals surface area contributed by atoms with Crippen LogP contribution in [0.15, 0.2) is 60.7 Å². The number of anilines is 2. The van der Waals surface area contributed by atoms with E-state index in [1.54, 1.807) is 30.3 Å². The van der Waals surface area contributed by atoms with Crippen LogP contribution in [0, 0.1) is 0 Å². The standard InChI is InChI=1S/C21H20N4O4/c1-13(20(27)23-17-10-8-16(9-11-17)22-14(2)26)29-21(28)19-12-18(24-25-19)15-6-4-3-5-7-15/h3-13H,1-2H3,(H,22,26)(H,23,27)(H,24,25)/t13-/m0/s1. The molecule has 1 atom stereocenters. The van der Waals surface area contributed by atoms with Gasteiger partial charge in [-0.15, -0.1) is 0 Å². The zero-order chi connectivity index (χ0) is 20.8. The Balaban J connectivity index is 1.57. The topological polar surface area (TPSA) is 113 Å². The van der Waals surface area contributed by atoms with E-state index in [-0.39, 0.29) is 11.6 Å². The third-order valence-corrected chi connectivity index (χ3v) is 3.99. The molecule has 3 rings (SSSR count). The normalized spacial score (nSPS) is 11.4. The number of esters is 1. The Morgan fingerprint density at radius 1 is 0.966 bits per heavy atom. The minimum absolute atomic E-state index is 0.156. The van der Waals surface area contributed by atoms with Gasteiger partial charge in [0.05, 0.1) is 5.69 Å². The second-order valence-corrected chi connectivity index (χ2v) is 6.33. The lowest BCUT2D eigenvalue weighted by atomic mass is 10.1. The molecule has 0 saturated carbocycles. The van der Waals surface area contributed by atoms with E-state index in [2.05, 4.69) is 20.8 Å². The summed E-state index contributed by atoms with van der Waals surface area (Å²) in [6.45, 7) is 2.89. The van der Waals surface area contributed by atoms with Gasteiger partial charge < -0.3 is 15.4 Å². The van der Waals surface area contributed by atoms with Gasteiger partial charge in [-0.1, -0.05) is 30.3 Å². The predicted octanol–water partition coefficient (Wildman–Crippen LogP) is 3.22. The number of amides is 2. The first-order chi connectivity index (χ1) is 13.9. The van der Waals surface area contributed by atoms with E-state index in [0.29, 0.717) is 17.1 Å². The summed E-state index contributed by atoms with van der Waals surface area (Å²) in [7, 11) is 0. The van der Waals surface area contributed by atoms with Gasteiger partial charge in [-0.25, -0.2) is 4.79 Å². The quantitative estimate of drug-likeness (QED) is 0.558. The molecule has 0 saturated heterocycles. The molecule has 0 bridgehead atoms. The van der Waals surface area contributed by atoms with Crippen molar-refractivity contribution in [3.63, 3.8) is 0 Å². The van der Waals surface area contributed by atoms with Crippen LogP contribution in [0.5, 0.6) is 0 Å². The van der Waals surface area contributed by atoms with Crippen LogP contribution < -0.4 is 10.6 Å². The molecule has 148 valence electrons. The Kier molecular flexibility index (Phi) is 6.03. The van der Waals surface area contributed by atoms with Crippen LogP contribution in [0.25, 0.3) is 11.3 Å². The van der Waals surface area contributed by atoms with Gasteiger partial charge in [0, 0.05) is 23.9 Å². The molecule has 0 fully saturated rings. The number of H-pyrrole nitrogens is 1. The fourth-order valence-electron chi connectivity index (χ4n) is 2.54. The third-order valence-electron chi connectivity index (χ3n) is 3.99. The summed E-state index contributed by atoms with van der Waals surface area (Å²) < 4.78 is 5.22. The number of rotatable bonds is 6. The zero-order valence-corrected chi connectivity index (χ0v) is 15.9. The third kappa shape index (κ3) is 5.29. The molecule has 0 spiro atoms. The lowest BCUT2D eigenvalue weighted by molar-refractivity contribution is -0.123. The molecule has 3 aromatic rings. The Bertz CT molecular complexity index is 1010. The number of aromatic nitrogens is 2. The SMILES string of the molecule is CC(=O)Nc1ccc(NC(=O)[C@H](C)OC(=O)c2cc(-c3ccccc3)n[nH]2)cc1. The van der Waals surface area contributed by atoms with Crippen LogP contribution in [0.2, 0.25) is 0 Å². The van der Waals surface area contributed by atoms with Crippen molar-refractivity contribution in [3.8, 4) is 11.3 Å². The first-order valence-electron chi connectivity index (χ1n) is 8.92. The molecule has 8 heteroatoms. The number of carbonyl (C=O) groups is 3. The number of hydrogen-bond donors (Lipinski definition) is 3. The first kappa shape index (κ1) is 19.8. The molecular formula is C21H20N4O4. The molecule has 29 heavy (non-hydrogen) atoms. The summed E-state index contributed by atoms with van der Waals surface area (Å²) in [5, 5.41) is 12.0. The van der Waals surface area contributed by atoms with Crippen LogP contribution in [-0.4, -0.2) is 34.1 Å². The van der Waals surface area contributed by atoms with Crippen molar-refractivity contribution in [2.75, 3.05) is 10.6 Å². The lowest BCUT2D eigenvalue weighted by Gasteiger charge is -2.13. The van der Waals surface area contributed by atoms with Gasteiger partial charge in [0.15, 0.2) is 6.10 Å². The number of nitrogens with one attached hydrogen (secondary N) is 3. The number of nitrogens with zero attached hydrogens (tertiary/aromatic N) is 1. The predicted molar refractivity (Wildman–Crippen MR) is 108 cm³/mol. The molecule has 0 aliphatic rings. The van der Waals surface area contributed by atoms with Crippen LogP contribution >= 0.6 is 0 Å². The van der Waals surface area contributed by atoms with Gasteiger partial charge in [-0.3, -0.25) is 14.7 Å². The molecule has 0 aliphatic heterocycles. The highest BCUT2D eigenvalue weighted by Crippen LogP contribution is 2.18. The highest BCUT2D eigenvalue weighted by Gasteiger charge is 2.21. The molecule has 3 N–H and O–H groups in total. The summed E-state index contributed by atoms with van der Waals surface area (Å²) in [6, 6.07) is 17.5. The monoisotopic (exact) mass is 392 g/mol. The largest absolute Gasteiger partial charge is 0.448 e. The number of ether oxygens (including phenoxy) is 1. The van der Waals surface area contributed by atoms with Gasteiger partial charge in [0.2, 0.25) is 5.91 Å². The Morgan fingerprint density at radius 3 is 2.21 bits per heavy atom. The average molecular weight is 392 g/mol. The maximum atomic E-state index is 12.3. The van der Waals surface area contributed by atoms with Crippen molar-refractivity contribution in [1.29, 1.82) is 0 Å². The van der Waals surface area contributed by atoms with Crippen LogP contribution in [0.1, 0.15) is 24.3 Å². The van der Waals surface area contributed by atoms with E-state index in [1.165, 1.54) is 13.8 Å². The van der Waals surface area contributed by atoms with Crippen molar-refractivity contribution < 1.29 is 19.1 Å². The number of aromatic amines is 1. The molecule has 2 aromatic carbocycles. The Morgan fingerprint density at radius 2 is 1.59 bits per heavy atom. The smallest absolute Gasteiger partial charge is 0.357 e. The molecule has 8 nitrogen and oxygen atoms in total. The van der Waals surface area contributed by atoms with Crippen molar-refractivity contribution in [2.24, 2.45) is 0 Å². The van der Waals surface area contributed by atoms with Crippen molar-refractivity contribution in [1.82, 2.24) is 10.2 Å². The molecule has 0 aliphatic carbocycles. The number of carbonyl (C=O) groups excluding carboxylic acids is 3. The van der Waals surface area contributed by atoms with Crippen molar-refractivity contribution in [2.45, 2.75) is 20.0 Å². The van der Waals surface area contributed by atoms with Gasteiger partial charge in [0.1, 0.15) is 5.69 Å². The second-order valence-electron chi connectivity index (χ2n) is 6.33. The van der Waals surface area contributed by atoms with Crippen LogP contribution in [-0.2, 0) is 14.3 Å². The second kappa shape index (κ2) is 8.83.